The molecular weight excluding hydrogens is 340 g/mol. The molecule has 3 fully saturated rings. The van der Waals surface area contributed by atoms with Gasteiger partial charge in [0.1, 0.15) is 11.7 Å². The molecule has 4 rings (SSSR count). The van der Waals surface area contributed by atoms with E-state index in [1.54, 1.807) is 0 Å². The lowest BCUT2D eigenvalue weighted by Gasteiger charge is -2.59. The van der Waals surface area contributed by atoms with Gasteiger partial charge in [-0.25, -0.2) is 0 Å². The fourth-order valence-electron chi connectivity index (χ4n) is 7.16. The second-order valence-corrected chi connectivity index (χ2v) is 9.87. The van der Waals surface area contributed by atoms with E-state index in [4.69, 9.17) is 11.2 Å². The van der Waals surface area contributed by atoms with Gasteiger partial charge in [0.2, 0.25) is 0 Å². The van der Waals surface area contributed by atoms with Gasteiger partial charge in [0.25, 0.3) is 0 Å². The zero-order valence-corrected chi connectivity index (χ0v) is 16.7. The van der Waals surface area contributed by atoms with Crippen LogP contribution in [-0.2, 0) is 9.53 Å². The van der Waals surface area contributed by atoms with Gasteiger partial charge in [-0.3, -0.25) is 4.79 Å². The highest BCUT2D eigenvalue weighted by Crippen LogP contribution is 2.67. The van der Waals surface area contributed by atoms with Crippen molar-refractivity contribution in [3.8, 4) is 12.3 Å². The number of aliphatic hydroxyl groups is 2. The van der Waals surface area contributed by atoms with E-state index in [1.807, 2.05) is 0 Å². The zero-order chi connectivity index (χ0) is 19.6. The number of rotatable bonds is 1. The summed E-state index contributed by atoms with van der Waals surface area (Å²) in [6, 6.07) is 0. The first-order valence-corrected chi connectivity index (χ1v) is 10.4. The number of esters is 1. The van der Waals surface area contributed by atoms with Crippen LogP contribution in [0.3, 0.4) is 0 Å². The molecule has 148 valence electrons. The molecule has 4 nitrogen and oxygen atoms in total. The maximum Gasteiger partial charge on any atom is 0.303 e. The van der Waals surface area contributed by atoms with Gasteiger partial charge in [-0.15, -0.1) is 6.42 Å². The number of aliphatic hydroxyl groups excluding tert-OH is 1. The van der Waals surface area contributed by atoms with Gasteiger partial charge in [0.05, 0.1) is 6.10 Å². The molecule has 4 aliphatic rings. The molecule has 4 aliphatic carbocycles. The molecule has 8 atom stereocenters. The van der Waals surface area contributed by atoms with Crippen molar-refractivity contribution in [3.05, 3.63) is 11.6 Å². The van der Waals surface area contributed by atoms with E-state index >= 15 is 0 Å². The number of carbonyl (C=O) groups excluding carboxylic acids is 1. The maximum absolute atomic E-state index is 11.9. The van der Waals surface area contributed by atoms with Crippen molar-refractivity contribution < 1.29 is 19.7 Å². The fourth-order valence-corrected chi connectivity index (χ4v) is 7.16. The van der Waals surface area contributed by atoms with Gasteiger partial charge in [0, 0.05) is 18.3 Å². The first-order valence-electron chi connectivity index (χ1n) is 10.4. The summed E-state index contributed by atoms with van der Waals surface area (Å²) < 4.78 is 5.81. The molecule has 0 aromatic carbocycles. The number of carbonyl (C=O) groups is 1. The van der Waals surface area contributed by atoms with E-state index in [2.05, 4.69) is 25.8 Å². The van der Waals surface area contributed by atoms with Crippen LogP contribution < -0.4 is 0 Å². The van der Waals surface area contributed by atoms with Crippen LogP contribution in [0.15, 0.2) is 11.6 Å². The van der Waals surface area contributed by atoms with E-state index in [0.717, 1.165) is 32.1 Å². The molecule has 0 spiro atoms. The molecule has 3 saturated carbocycles. The van der Waals surface area contributed by atoms with E-state index in [1.165, 1.54) is 12.5 Å². The zero-order valence-electron chi connectivity index (χ0n) is 16.7. The van der Waals surface area contributed by atoms with Crippen LogP contribution in [0, 0.1) is 40.9 Å². The molecular formula is C23H32O4. The summed E-state index contributed by atoms with van der Waals surface area (Å²) in [6.45, 7) is 5.93. The molecule has 0 aromatic heterocycles. The summed E-state index contributed by atoms with van der Waals surface area (Å²) >= 11 is 0. The monoisotopic (exact) mass is 372 g/mol. The SMILES string of the molecule is C#C[C@]1(O)CC[C@H]2[C@@H]3[C@@H](OC(C)=O)C=C4C[C@@H](O)CC[C@]4(C)[C@H]3CC[C@@]21C. The Morgan fingerprint density at radius 2 is 1.93 bits per heavy atom. The van der Waals surface area contributed by atoms with Crippen molar-refractivity contribution >= 4 is 5.97 Å². The fraction of sp³-hybridized carbons (Fsp3) is 0.783. The molecule has 0 heterocycles. The van der Waals surface area contributed by atoms with Crippen LogP contribution in [0.2, 0.25) is 0 Å². The van der Waals surface area contributed by atoms with E-state index in [0.29, 0.717) is 18.8 Å². The number of terminal acetylenes is 1. The highest BCUT2D eigenvalue weighted by atomic mass is 16.5. The number of hydrogen-bond acceptors (Lipinski definition) is 4. The molecule has 0 unspecified atom stereocenters. The van der Waals surface area contributed by atoms with Crippen LogP contribution in [0.5, 0.6) is 0 Å². The highest BCUT2D eigenvalue weighted by Gasteiger charge is 2.65. The average molecular weight is 373 g/mol. The van der Waals surface area contributed by atoms with Crippen molar-refractivity contribution in [2.45, 2.75) is 83.5 Å². The Balaban J connectivity index is 1.79. The van der Waals surface area contributed by atoms with Crippen LogP contribution in [0.1, 0.15) is 65.7 Å². The van der Waals surface area contributed by atoms with Crippen LogP contribution in [0.4, 0.5) is 0 Å². The van der Waals surface area contributed by atoms with E-state index in [-0.39, 0.29) is 40.8 Å². The minimum Gasteiger partial charge on any atom is -0.458 e. The standard InChI is InChI=1S/C23H32O4/c1-5-23(26)11-8-18-20-17(7-10-22(18,23)4)21(3)9-6-16(25)12-15(21)13-19(20)27-14(2)24/h1,13,16-20,25-26H,6-12H2,2-4H3/t16-,17-,18-,19-,20+,21-,22-,23-/m0/s1. The Labute approximate surface area is 162 Å². The third kappa shape index (κ3) is 2.54. The lowest BCUT2D eigenvalue weighted by atomic mass is 9.46. The third-order valence-corrected chi connectivity index (χ3v) is 8.77. The topological polar surface area (TPSA) is 66.8 Å². The average Bonchev–Trinajstić information content (AvgIpc) is 2.88. The maximum atomic E-state index is 11.9. The summed E-state index contributed by atoms with van der Waals surface area (Å²) in [4.78, 5) is 11.9. The van der Waals surface area contributed by atoms with Gasteiger partial charge >= 0.3 is 5.97 Å². The number of hydrogen-bond donors (Lipinski definition) is 2. The van der Waals surface area contributed by atoms with Crippen LogP contribution in [-0.4, -0.2) is 34.0 Å². The molecule has 0 radical (unpaired) electrons. The van der Waals surface area contributed by atoms with Gasteiger partial charge in [0.15, 0.2) is 0 Å². The smallest absolute Gasteiger partial charge is 0.303 e. The van der Waals surface area contributed by atoms with Crippen molar-refractivity contribution in [3.63, 3.8) is 0 Å². The molecule has 0 aliphatic heterocycles. The molecule has 0 saturated heterocycles. The third-order valence-electron chi connectivity index (χ3n) is 8.77. The van der Waals surface area contributed by atoms with Gasteiger partial charge in [-0.2, -0.15) is 0 Å². The normalized spacial score (nSPS) is 51.3. The molecule has 0 amide bonds. The summed E-state index contributed by atoms with van der Waals surface area (Å²) in [6.07, 6.45) is 13.1. The largest absolute Gasteiger partial charge is 0.458 e. The Bertz CT molecular complexity index is 720. The number of fused-ring (bicyclic) bond motifs is 5. The second-order valence-electron chi connectivity index (χ2n) is 9.87. The Hall–Kier alpha value is -1.31. The van der Waals surface area contributed by atoms with Crippen molar-refractivity contribution in [2.75, 3.05) is 0 Å². The van der Waals surface area contributed by atoms with Crippen molar-refractivity contribution in [1.29, 1.82) is 0 Å². The summed E-state index contributed by atoms with van der Waals surface area (Å²) in [5, 5.41) is 21.4. The van der Waals surface area contributed by atoms with Crippen molar-refractivity contribution in [2.24, 2.45) is 28.6 Å². The lowest BCUT2D eigenvalue weighted by Crippen LogP contribution is -2.58. The highest BCUT2D eigenvalue weighted by molar-refractivity contribution is 5.66. The van der Waals surface area contributed by atoms with Crippen LogP contribution in [0.25, 0.3) is 0 Å². The van der Waals surface area contributed by atoms with Gasteiger partial charge in [-0.1, -0.05) is 25.3 Å². The minimum absolute atomic E-state index is 0.0404. The summed E-state index contributed by atoms with van der Waals surface area (Å²) in [7, 11) is 0. The molecule has 27 heavy (non-hydrogen) atoms. The first kappa shape index (κ1) is 19.0. The Kier molecular flexibility index (Phi) is 4.29. The predicted molar refractivity (Wildman–Crippen MR) is 102 cm³/mol. The first-order chi connectivity index (χ1) is 12.6. The summed E-state index contributed by atoms with van der Waals surface area (Å²) in [5.74, 6) is 3.25. The van der Waals surface area contributed by atoms with Crippen LogP contribution >= 0.6 is 0 Å². The van der Waals surface area contributed by atoms with Crippen molar-refractivity contribution in [1.82, 2.24) is 0 Å². The molecule has 4 heteroatoms. The van der Waals surface area contributed by atoms with E-state index in [9.17, 15) is 15.0 Å². The number of ether oxygens (including phenoxy) is 1. The molecule has 0 aromatic rings. The lowest BCUT2D eigenvalue weighted by molar-refractivity contribution is -0.162. The Morgan fingerprint density at radius 1 is 1.22 bits per heavy atom. The quantitative estimate of drug-likeness (QED) is 0.421. The van der Waals surface area contributed by atoms with Gasteiger partial charge < -0.3 is 14.9 Å². The van der Waals surface area contributed by atoms with Gasteiger partial charge in [-0.05, 0) is 68.3 Å². The second kappa shape index (κ2) is 6.09. The molecule has 2 N–H and O–H groups in total. The Morgan fingerprint density at radius 3 is 2.59 bits per heavy atom. The summed E-state index contributed by atoms with van der Waals surface area (Å²) in [5.41, 5.74) is -0.116. The molecule has 0 bridgehead atoms. The van der Waals surface area contributed by atoms with E-state index < -0.39 is 5.60 Å². The predicted octanol–water partition coefficient (Wildman–Crippen LogP) is 3.22. The minimum atomic E-state index is -1.07.